The fraction of sp³-hybridized carbons (Fsp3) is 0.412. The fourth-order valence-electron chi connectivity index (χ4n) is 2.34. The van der Waals surface area contributed by atoms with Crippen molar-refractivity contribution in [2.24, 2.45) is 5.92 Å². The number of hydrogen-bond acceptors (Lipinski definition) is 3. The molecule has 1 unspecified atom stereocenters. The minimum absolute atomic E-state index is 0.244. The van der Waals surface area contributed by atoms with Crippen LogP contribution in [-0.4, -0.2) is 33.4 Å². The van der Waals surface area contributed by atoms with Crippen LogP contribution in [0.3, 0.4) is 0 Å². The van der Waals surface area contributed by atoms with Crippen molar-refractivity contribution in [3.8, 4) is 5.69 Å². The van der Waals surface area contributed by atoms with Crippen LogP contribution in [0.25, 0.3) is 5.69 Å². The zero-order valence-corrected chi connectivity index (χ0v) is 13.3. The lowest BCUT2D eigenvalue weighted by Gasteiger charge is -2.13. The molecule has 0 aliphatic heterocycles. The van der Waals surface area contributed by atoms with E-state index in [0.29, 0.717) is 18.0 Å². The van der Waals surface area contributed by atoms with Gasteiger partial charge < -0.3 is 10.4 Å². The Balaban J connectivity index is 2.03. The average Bonchev–Trinajstić information content (AvgIpc) is 2.87. The normalized spacial score (nSPS) is 12.4. The molecule has 2 rings (SSSR count). The third-order valence-electron chi connectivity index (χ3n) is 3.36. The summed E-state index contributed by atoms with van der Waals surface area (Å²) >= 11 is 0. The van der Waals surface area contributed by atoms with Crippen LogP contribution in [0.4, 0.5) is 0 Å². The smallest absolute Gasteiger partial charge is 0.271 e. The van der Waals surface area contributed by atoms with Crippen LogP contribution >= 0.6 is 0 Å². The second kappa shape index (κ2) is 7.22. The zero-order chi connectivity index (χ0) is 16.1. The Hall–Kier alpha value is -2.14. The van der Waals surface area contributed by atoms with Gasteiger partial charge in [0.15, 0.2) is 5.69 Å². The van der Waals surface area contributed by atoms with Crippen molar-refractivity contribution in [2.75, 3.05) is 6.54 Å². The van der Waals surface area contributed by atoms with Crippen LogP contribution < -0.4 is 5.32 Å². The van der Waals surface area contributed by atoms with Gasteiger partial charge in [0.05, 0.1) is 11.8 Å². The maximum atomic E-state index is 12.1. The molecule has 1 amide bonds. The highest BCUT2D eigenvalue weighted by Crippen LogP contribution is 2.11. The first-order valence-corrected chi connectivity index (χ1v) is 7.55. The minimum Gasteiger partial charge on any atom is -0.391 e. The quantitative estimate of drug-likeness (QED) is 0.860. The number of aryl methyl sites for hydroxylation is 1. The van der Waals surface area contributed by atoms with Crippen LogP contribution in [0, 0.1) is 12.8 Å². The zero-order valence-electron chi connectivity index (χ0n) is 13.3. The monoisotopic (exact) mass is 301 g/mol. The van der Waals surface area contributed by atoms with E-state index in [1.54, 1.807) is 10.7 Å². The molecule has 0 fully saturated rings. The molecule has 0 radical (unpaired) electrons. The number of aromatic nitrogens is 2. The predicted octanol–water partition coefficient (Wildman–Crippen LogP) is 2.32. The topological polar surface area (TPSA) is 67.2 Å². The number of hydrogen-bond donors (Lipinski definition) is 2. The number of aliphatic hydroxyl groups is 1. The lowest BCUT2D eigenvalue weighted by molar-refractivity contribution is 0.0895. The van der Waals surface area contributed by atoms with E-state index < -0.39 is 6.10 Å². The minimum atomic E-state index is -0.527. The Kier molecular flexibility index (Phi) is 5.33. The highest BCUT2D eigenvalue weighted by atomic mass is 16.3. The molecule has 0 saturated carbocycles. The van der Waals surface area contributed by atoms with Crippen LogP contribution in [-0.2, 0) is 0 Å². The van der Waals surface area contributed by atoms with Gasteiger partial charge in [0.25, 0.3) is 5.91 Å². The molecule has 2 aromatic rings. The van der Waals surface area contributed by atoms with Crippen molar-refractivity contribution in [1.82, 2.24) is 15.1 Å². The Morgan fingerprint density at radius 2 is 2.00 bits per heavy atom. The lowest BCUT2D eigenvalue weighted by atomic mass is 10.1. The maximum absolute atomic E-state index is 12.1. The number of benzene rings is 1. The van der Waals surface area contributed by atoms with Gasteiger partial charge in [-0.3, -0.25) is 4.79 Å². The number of para-hydroxylation sites is 1. The van der Waals surface area contributed by atoms with Gasteiger partial charge in [-0.05, 0) is 37.5 Å². The van der Waals surface area contributed by atoms with Crippen LogP contribution in [0.5, 0.6) is 0 Å². The Morgan fingerprint density at radius 3 is 2.64 bits per heavy atom. The molecule has 2 N–H and O–H groups in total. The number of amides is 1. The molecule has 0 saturated heterocycles. The van der Waals surface area contributed by atoms with Crippen molar-refractivity contribution >= 4 is 5.91 Å². The highest BCUT2D eigenvalue weighted by molar-refractivity contribution is 5.92. The molecule has 0 aliphatic rings. The molecule has 1 aromatic carbocycles. The molecule has 1 atom stereocenters. The molecule has 1 aromatic heterocycles. The van der Waals surface area contributed by atoms with Gasteiger partial charge in [-0.2, -0.15) is 5.10 Å². The molecule has 1 heterocycles. The van der Waals surface area contributed by atoms with Gasteiger partial charge in [0, 0.05) is 12.2 Å². The van der Waals surface area contributed by atoms with E-state index >= 15 is 0 Å². The van der Waals surface area contributed by atoms with E-state index in [9.17, 15) is 9.90 Å². The summed E-state index contributed by atoms with van der Waals surface area (Å²) in [5.41, 5.74) is 2.16. The van der Waals surface area contributed by atoms with E-state index in [1.807, 2.05) is 51.1 Å². The third kappa shape index (κ3) is 4.18. The number of carbonyl (C=O) groups is 1. The lowest BCUT2D eigenvalue weighted by Crippen LogP contribution is -2.33. The van der Waals surface area contributed by atoms with E-state index in [2.05, 4.69) is 10.4 Å². The number of carbonyl (C=O) groups excluding carboxylic acids is 1. The second-order valence-electron chi connectivity index (χ2n) is 5.91. The van der Waals surface area contributed by atoms with Crippen molar-refractivity contribution in [3.63, 3.8) is 0 Å². The van der Waals surface area contributed by atoms with E-state index in [4.69, 9.17) is 0 Å². The van der Waals surface area contributed by atoms with Crippen LogP contribution in [0.15, 0.2) is 36.4 Å². The van der Waals surface area contributed by atoms with Gasteiger partial charge in [0.2, 0.25) is 0 Å². The third-order valence-corrected chi connectivity index (χ3v) is 3.36. The Morgan fingerprint density at radius 1 is 1.32 bits per heavy atom. The Labute approximate surface area is 131 Å². The molecule has 5 nitrogen and oxygen atoms in total. The number of aliphatic hydroxyl groups excluding tert-OH is 1. The SMILES string of the molecule is Cc1cc(C(=O)NCC(O)CC(C)C)nn1-c1ccccc1. The molecular formula is C17H23N3O2. The number of nitrogens with zero attached hydrogens (tertiary/aromatic N) is 2. The van der Waals surface area contributed by atoms with Crippen molar-refractivity contribution in [2.45, 2.75) is 33.3 Å². The standard InChI is InChI=1S/C17H23N3O2/c1-12(2)9-15(21)11-18-17(22)16-10-13(3)20(19-16)14-7-5-4-6-8-14/h4-8,10,12,15,21H,9,11H2,1-3H3,(H,18,22). The summed E-state index contributed by atoms with van der Waals surface area (Å²) in [6.45, 7) is 6.23. The molecule has 0 bridgehead atoms. The summed E-state index contributed by atoms with van der Waals surface area (Å²) in [4.78, 5) is 12.1. The van der Waals surface area contributed by atoms with Crippen molar-refractivity contribution in [1.29, 1.82) is 0 Å². The van der Waals surface area contributed by atoms with Gasteiger partial charge in [-0.25, -0.2) is 4.68 Å². The van der Waals surface area contributed by atoms with E-state index in [0.717, 1.165) is 11.4 Å². The van der Waals surface area contributed by atoms with Gasteiger partial charge in [0.1, 0.15) is 0 Å². The molecule has 0 aliphatic carbocycles. The van der Waals surface area contributed by atoms with Crippen molar-refractivity contribution in [3.05, 3.63) is 47.8 Å². The summed E-state index contributed by atoms with van der Waals surface area (Å²) in [6, 6.07) is 11.4. The molecular weight excluding hydrogens is 278 g/mol. The van der Waals surface area contributed by atoms with Gasteiger partial charge in [-0.1, -0.05) is 32.0 Å². The number of rotatable bonds is 6. The summed E-state index contributed by atoms with van der Waals surface area (Å²) in [5, 5.41) is 16.9. The number of nitrogens with one attached hydrogen (secondary N) is 1. The van der Waals surface area contributed by atoms with Crippen molar-refractivity contribution < 1.29 is 9.90 Å². The summed E-state index contributed by atoms with van der Waals surface area (Å²) in [5.74, 6) is 0.132. The van der Waals surface area contributed by atoms with Gasteiger partial charge >= 0.3 is 0 Å². The maximum Gasteiger partial charge on any atom is 0.271 e. The first-order valence-electron chi connectivity index (χ1n) is 7.55. The summed E-state index contributed by atoms with van der Waals surface area (Å²) in [7, 11) is 0. The molecule has 5 heteroatoms. The first-order chi connectivity index (χ1) is 10.5. The molecule has 22 heavy (non-hydrogen) atoms. The summed E-state index contributed by atoms with van der Waals surface area (Å²) in [6.07, 6.45) is 0.138. The molecule has 0 spiro atoms. The molecule has 118 valence electrons. The van der Waals surface area contributed by atoms with Crippen LogP contribution in [0.1, 0.15) is 36.5 Å². The average molecular weight is 301 g/mol. The van der Waals surface area contributed by atoms with Crippen LogP contribution in [0.2, 0.25) is 0 Å². The fourth-order valence-corrected chi connectivity index (χ4v) is 2.34. The van der Waals surface area contributed by atoms with E-state index in [-0.39, 0.29) is 12.5 Å². The Bertz CT molecular complexity index is 620. The highest BCUT2D eigenvalue weighted by Gasteiger charge is 2.15. The largest absolute Gasteiger partial charge is 0.391 e. The predicted molar refractivity (Wildman–Crippen MR) is 86.1 cm³/mol. The van der Waals surface area contributed by atoms with Gasteiger partial charge in [-0.15, -0.1) is 0 Å². The van der Waals surface area contributed by atoms with E-state index in [1.165, 1.54) is 0 Å². The second-order valence-corrected chi connectivity index (χ2v) is 5.91. The first kappa shape index (κ1) is 16.2. The summed E-state index contributed by atoms with van der Waals surface area (Å²) < 4.78 is 1.74.